The molecule has 0 saturated carbocycles. The molecule has 2 aromatic rings. The summed E-state index contributed by atoms with van der Waals surface area (Å²) in [6.07, 6.45) is -3.98. The van der Waals surface area contributed by atoms with Crippen LogP contribution in [0.1, 0.15) is 27.0 Å². The first-order valence-corrected chi connectivity index (χ1v) is 6.27. The monoisotopic (exact) mass is 316 g/mol. The minimum atomic E-state index is -4.61. The molecule has 0 radical (unpaired) electrons. The molecule has 0 bridgehead atoms. The number of hydrogen-bond acceptors (Lipinski definition) is 1. The van der Waals surface area contributed by atoms with Crippen molar-refractivity contribution >= 4 is 17.9 Å². The number of halogens is 5. The zero-order valence-electron chi connectivity index (χ0n) is 10.5. The summed E-state index contributed by atoms with van der Waals surface area (Å²) in [5.74, 6) is -0.961. The van der Waals surface area contributed by atoms with Crippen LogP contribution in [-0.4, -0.2) is 6.29 Å². The van der Waals surface area contributed by atoms with Crippen molar-refractivity contribution in [3.63, 3.8) is 0 Å². The lowest BCUT2D eigenvalue weighted by Crippen LogP contribution is -2.06. The molecule has 2 aromatic carbocycles. The second-order valence-electron chi connectivity index (χ2n) is 4.53. The summed E-state index contributed by atoms with van der Waals surface area (Å²) in [5, 5.41) is 0.294. The van der Waals surface area contributed by atoms with Gasteiger partial charge in [-0.15, -0.1) is 0 Å². The average molecular weight is 317 g/mol. The topological polar surface area (TPSA) is 17.1 Å². The largest absolute Gasteiger partial charge is 0.416 e. The molecule has 0 amide bonds. The smallest absolute Gasteiger partial charge is 0.298 e. The van der Waals surface area contributed by atoms with E-state index in [-0.39, 0.29) is 12.0 Å². The molecule has 0 aliphatic carbocycles. The van der Waals surface area contributed by atoms with Crippen LogP contribution in [0.2, 0.25) is 5.02 Å². The van der Waals surface area contributed by atoms with Crippen molar-refractivity contribution in [1.29, 1.82) is 0 Å². The molecule has 0 heterocycles. The van der Waals surface area contributed by atoms with Crippen molar-refractivity contribution in [1.82, 2.24) is 0 Å². The van der Waals surface area contributed by atoms with Crippen LogP contribution in [0.25, 0.3) is 0 Å². The van der Waals surface area contributed by atoms with Crippen LogP contribution in [0.5, 0.6) is 0 Å². The van der Waals surface area contributed by atoms with E-state index in [0.717, 1.165) is 12.1 Å². The van der Waals surface area contributed by atoms with E-state index in [1.165, 1.54) is 18.2 Å². The van der Waals surface area contributed by atoms with Crippen LogP contribution in [0, 0.1) is 5.82 Å². The van der Waals surface area contributed by atoms with E-state index in [2.05, 4.69) is 0 Å². The van der Waals surface area contributed by atoms with E-state index in [1.54, 1.807) is 0 Å². The third-order valence-electron chi connectivity index (χ3n) is 2.81. The van der Waals surface area contributed by atoms with E-state index in [9.17, 15) is 22.4 Å². The van der Waals surface area contributed by atoms with Gasteiger partial charge in [-0.25, -0.2) is 4.39 Å². The van der Waals surface area contributed by atoms with Crippen LogP contribution >= 0.6 is 11.6 Å². The van der Waals surface area contributed by atoms with Crippen molar-refractivity contribution < 1.29 is 22.4 Å². The lowest BCUT2D eigenvalue weighted by molar-refractivity contribution is -0.137. The number of aldehydes is 1. The van der Waals surface area contributed by atoms with Gasteiger partial charge in [-0.2, -0.15) is 13.2 Å². The fraction of sp³-hybridized carbons (Fsp3) is 0.133. The van der Waals surface area contributed by atoms with Crippen molar-refractivity contribution in [2.45, 2.75) is 12.6 Å². The molecule has 0 N–H and O–H groups in total. The van der Waals surface area contributed by atoms with E-state index in [0.29, 0.717) is 28.5 Å². The number of carbonyl (C=O) groups excluding carboxylic acids is 1. The van der Waals surface area contributed by atoms with Gasteiger partial charge in [0.05, 0.1) is 5.56 Å². The Balaban J connectivity index is 2.38. The van der Waals surface area contributed by atoms with Gasteiger partial charge < -0.3 is 0 Å². The second kappa shape index (κ2) is 5.85. The summed E-state index contributed by atoms with van der Waals surface area (Å²) in [5.41, 5.74) is -0.0511. The maximum absolute atomic E-state index is 13.3. The van der Waals surface area contributed by atoms with Crippen molar-refractivity contribution in [2.75, 3.05) is 0 Å². The molecule has 0 spiro atoms. The van der Waals surface area contributed by atoms with E-state index in [1.807, 2.05) is 0 Å². The molecule has 21 heavy (non-hydrogen) atoms. The summed E-state index contributed by atoms with van der Waals surface area (Å²) in [6.45, 7) is 0. The van der Waals surface area contributed by atoms with Crippen LogP contribution in [0.3, 0.4) is 0 Å². The Morgan fingerprint density at radius 3 is 2.29 bits per heavy atom. The summed E-state index contributed by atoms with van der Waals surface area (Å²) >= 11 is 5.82. The molecule has 0 saturated heterocycles. The van der Waals surface area contributed by atoms with Gasteiger partial charge in [0.2, 0.25) is 0 Å². The Labute approximate surface area is 123 Å². The fourth-order valence-electron chi connectivity index (χ4n) is 2.00. The van der Waals surface area contributed by atoms with Crippen molar-refractivity contribution in [3.8, 4) is 0 Å². The van der Waals surface area contributed by atoms with Gasteiger partial charge >= 0.3 is 6.18 Å². The zero-order chi connectivity index (χ0) is 15.6. The van der Waals surface area contributed by atoms with E-state index in [4.69, 9.17) is 11.6 Å². The molecule has 0 fully saturated rings. The minimum Gasteiger partial charge on any atom is -0.298 e. The molecular formula is C15H9ClF4O. The van der Waals surface area contributed by atoms with Gasteiger partial charge in [-0.1, -0.05) is 11.6 Å². The van der Waals surface area contributed by atoms with Crippen LogP contribution in [0.4, 0.5) is 17.6 Å². The maximum atomic E-state index is 13.3. The lowest BCUT2D eigenvalue weighted by atomic mass is 10.0. The fourth-order valence-corrected chi connectivity index (χ4v) is 2.26. The highest BCUT2D eigenvalue weighted by molar-refractivity contribution is 6.30. The molecule has 110 valence electrons. The van der Waals surface area contributed by atoms with Gasteiger partial charge in [0, 0.05) is 10.6 Å². The molecular weight excluding hydrogens is 308 g/mol. The Kier molecular flexibility index (Phi) is 4.32. The van der Waals surface area contributed by atoms with Crippen molar-refractivity contribution in [2.24, 2.45) is 0 Å². The van der Waals surface area contributed by atoms with Gasteiger partial charge in [0.25, 0.3) is 0 Å². The highest BCUT2D eigenvalue weighted by Crippen LogP contribution is 2.31. The zero-order valence-corrected chi connectivity index (χ0v) is 11.3. The average Bonchev–Trinajstić information content (AvgIpc) is 2.36. The first-order valence-electron chi connectivity index (χ1n) is 5.89. The third kappa shape index (κ3) is 4.04. The van der Waals surface area contributed by atoms with Gasteiger partial charge in [0.15, 0.2) is 0 Å². The molecule has 0 atom stereocenters. The van der Waals surface area contributed by atoms with Gasteiger partial charge in [-0.3, -0.25) is 4.79 Å². The Morgan fingerprint density at radius 1 is 1.00 bits per heavy atom. The molecule has 0 unspecified atom stereocenters. The molecule has 0 aliphatic heterocycles. The molecule has 6 heteroatoms. The number of hydrogen-bond donors (Lipinski definition) is 0. The van der Waals surface area contributed by atoms with Gasteiger partial charge in [0.1, 0.15) is 12.1 Å². The van der Waals surface area contributed by atoms with Crippen molar-refractivity contribution in [3.05, 3.63) is 69.5 Å². The van der Waals surface area contributed by atoms with Crippen LogP contribution < -0.4 is 0 Å². The normalized spacial score (nSPS) is 11.5. The van der Waals surface area contributed by atoms with E-state index >= 15 is 0 Å². The number of rotatable bonds is 3. The third-order valence-corrected chi connectivity index (χ3v) is 3.03. The number of alkyl halides is 3. The lowest BCUT2D eigenvalue weighted by Gasteiger charge is -2.10. The highest BCUT2D eigenvalue weighted by atomic mass is 35.5. The predicted molar refractivity (Wildman–Crippen MR) is 71.0 cm³/mol. The first-order chi connectivity index (χ1) is 9.77. The second-order valence-corrected chi connectivity index (χ2v) is 4.97. The molecule has 0 aromatic heterocycles. The van der Waals surface area contributed by atoms with Gasteiger partial charge in [-0.05, 0) is 53.9 Å². The summed E-state index contributed by atoms with van der Waals surface area (Å²) in [7, 11) is 0. The number of benzene rings is 2. The van der Waals surface area contributed by atoms with Crippen LogP contribution in [-0.2, 0) is 12.6 Å². The first kappa shape index (κ1) is 15.5. The van der Waals surface area contributed by atoms with E-state index < -0.39 is 17.6 Å². The summed E-state index contributed by atoms with van der Waals surface area (Å²) in [6, 6.07) is 6.80. The molecule has 1 nitrogen and oxygen atoms in total. The number of carbonyl (C=O) groups is 1. The standard InChI is InChI=1S/C15H9ClF4O/c16-13-4-9(2-11(5-13)8-21)1-10-3-12(15(18,19)20)7-14(17)6-10/h2-8H,1H2. The summed E-state index contributed by atoms with van der Waals surface area (Å²) in [4.78, 5) is 10.7. The molecule has 2 rings (SSSR count). The summed E-state index contributed by atoms with van der Waals surface area (Å²) < 4.78 is 51.2. The SMILES string of the molecule is O=Cc1cc(Cl)cc(Cc2cc(F)cc(C(F)(F)F)c2)c1. The minimum absolute atomic E-state index is 0.0439. The Bertz CT molecular complexity index is 680. The highest BCUT2D eigenvalue weighted by Gasteiger charge is 2.31. The Morgan fingerprint density at radius 2 is 1.67 bits per heavy atom. The molecule has 0 aliphatic rings. The Hall–Kier alpha value is -1.88. The maximum Gasteiger partial charge on any atom is 0.416 e. The van der Waals surface area contributed by atoms with Crippen LogP contribution in [0.15, 0.2) is 36.4 Å². The quantitative estimate of drug-likeness (QED) is 0.581. The predicted octanol–water partition coefficient (Wildman–Crippen LogP) is 4.90.